The molecular weight excluding hydrogens is 513 g/mol. The Morgan fingerprint density at radius 3 is 2.67 bits per heavy atom. The van der Waals surface area contributed by atoms with Gasteiger partial charge < -0.3 is 15.0 Å². The molecule has 2 aliphatic rings. The number of rotatable bonds is 11. The first-order chi connectivity index (χ1) is 18.7. The Hall–Kier alpha value is -3.44. The lowest BCUT2D eigenvalue weighted by Gasteiger charge is -2.39. The Labute approximate surface area is 225 Å². The Bertz CT molecular complexity index is 1160. The van der Waals surface area contributed by atoms with Gasteiger partial charge in [-0.05, 0) is 42.2 Å². The van der Waals surface area contributed by atoms with Crippen molar-refractivity contribution >= 4 is 18.2 Å². The van der Waals surface area contributed by atoms with E-state index in [9.17, 15) is 27.6 Å². The van der Waals surface area contributed by atoms with Crippen LogP contribution >= 0.6 is 0 Å². The molecule has 4 rings (SSSR count). The maximum atomic E-state index is 13.1. The monoisotopic (exact) mass is 546 g/mol. The summed E-state index contributed by atoms with van der Waals surface area (Å²) in [6, 6.07) is 13.7. The number of benzene rings is 2. The number of likely N-dealkylation sites (tertiary alicyclic amines) is 1. The van der Waals surface area contributed by atoms with E-state index in [0.29, 0.717) is 55.6 Å². The van der Waals surface area contributed by atoms with E-state index in [1.165, 1.54) is 9.80 Å². The highest BCUT2D eigenvalue weighted by Crippen LogP contribution is 2.31. The topological polar surface area (TPSA) is 91.0 Å². The van der Waals surface area contributed by atoms with E-state index < -0.39 is 30.8 Å². The molecule has 2 heterocycles. The number of nitrogens with one attached hydrogen (secondary N) is 2. The third-order valence-electron chi connectivity index (χ3n) is 7.10. The second kappa shape index (κ2) is 12.6. The Morgan fingerprint density at radius 1 is 1.21 bits per heavy atom. The first-order valence-electron chi connectivity index (χ1n) is 13.1. The van der Waals surface area contributed by atoms with Gasteiger partial charge in [-0.2, -0.15) is 13.2 Å². The van der Waals surface area contributed by atoms with Crippen molar-refractivity contribution in [3.05, 3.63) is 65.2 Å². The van der Waals surface area contributed by atoms with Gasteiger partial charge in [0.2, 0.25) is 12.3 Å². The van der Waals surface area contributed by atoms with Gasteiger partial charge >= 0.3 is 6.18 Å². The predicted octanol–water partition coefficient (Wildman–Crippen LogP) is 3.26. The molecule has 0 spiro atoms. The van der Waals surface area contributed by atoms with Crippen molar-refractivity contribution in [2.45, 2.75) is 63.6 Å². The fourth-order valence-electron chi connectivity index (χ4n) is 5.25. The molecule has 0 radical (unpaired) electrons. The minimum Gasteiger partial charge on any atom is -0.487 e. The zero-order chi connectivity index (χ0) is 28.0. The van der Waals surface area contributed by atoms with Crippen molar-refractivity contribution in [2.24, 2.45) is 0 Å². The molecule has 11 heteroatoms. The number of carbonyl (C=O) groups is 3. The molecule has 2 aromatic carbocycles. The molecular formula is C28H33F3N4O4. The average Bonchev–Trinajstić information content (AvgIpc) is 3.21. The molecule has 2 aromatic rings. The second-order valence-electron chi connectivity index (χ2n) is 9.95. The molecule has 0 aromatic heterocycles. The van der Waals surface area contributed by atoms with Gasteiger partial charge in [0.15, 0.2) is 0 Å². The van der Waals surface area contributed by atoms with Crippen LogP contribution in [0, 0.1) is 0 Å². The average molecular weight is 547 g/mol. The van der Waals surface area contributed by atoms with Crippen molar-refractivity contribution in [3.63, 3.8) is 0 Å². The molecule has 2 aliphatic heterocycles. The van der Waals surface area contributed by atoms with Gasteiger partial charge in [-0.3, -0.25) is 24.6 Å². The van der Waals surface area contributed by atoms with Crippen LogP contribution in [0.3, 0.4) is 0 Å². The summed E-state index contributed by atoms with van der Waals surface area (Å²) in [6.07, 6.45) is -3.04. The van der Waals surface area contributed by atoms with Crippen LogP contribution in [-0.4, -0.2) is 72.0 Å². The highest BCUT2D eigenvalue weighted by Gasteiger charge is 2.38. The van der Waals surface area contributed by atoms with Gasteiger partial charge in [0.1, 0.15) is 17.9 Å². The molecule has 3 atom stereocenters. The minimum atomic E-state index is -4.31. The summed E-state index contributed by atoms with van der Waals surface area (Å²) in [6.45, 7) is 1.99. The van der Waals surface area contributed by atoms with Gasteiger partial charge in [0.25, 0.3) is 5.91 Å². The number of ether oxygens (including phenoxy) is 1. The van der Waals surface area contributed by atoms with Gasteiger partial charge in [-0.1, -0.05) is 43.7 Å². The van der Waals surface area contributed by atoms with Crippen molar-refractivity contribution in [1.82, 2.24) is 20.4 Å². The minimum absolute atomic E-state index is 0.0958. The zero-order valence-corrected chi connectivity index (χ0v) is 21.7. The quantitative estimate of drug-likeness (QED) is 0.421. The van der Waals surface area contributed by atoms with E-state index in [-0.39, 0.29) is 25.0 Å². The SMILES string of the molecule is CCCC(C(=O)NC=O)N1Cc2cc(OC3CN(CC(F)(F)F)CCC3NCc3ccccc3)ccc2C1=O. The van der Waals surface area contributed by atoms with Crippen molar-refractivity contribution < 1.29 is 32.3 Å². The second-order valence-corrected chi connectivity index (χ2v) is 9.95. The molecule has 0 aliphatic carbocycles. The van der Waals surface area contributed by atoms with Crippen LogP contribution in [0.1, 0.15) is 47.7 Å². The fourth-order valence-corrected chi connectivity index (χ4v) is 5.25. The summed E-state index contributed by atoms with van der Waals surface area (Å²) in [5.74, 6) is -0.408. The summed E-state index contributed by atoms with van der Waals surface area (Å²) < 4.78 is 45.6. The predicted molar refractivity (Wildman–Crippen MR) is 138 cm³/mol. The fraction of sp³-hybridized carbons (Fsp3) is 0.464. The van der Waals surface area contributed by atoms with Crippen LogP contribution in [0.5, 0.6) is 5.75 Å². The van der Waals surface area contributed by atoms with Crippen molar-refractivity contribution in [2.75, 3.05) is 19.6 Å². The van der Waals surface area contributed by atoms with Crippen molar-refractivity contribution in [1.29, 1.82) is 0 Å². The van der Waals surface area contributed by atoms with Crippen LogP contribution in [0.25, 0.3) is 0 Å². The lowest BCUT2D eigenvalue weighted by atomic mass is 10.0. The Balaban J connectivity index is 1.49. The maximum absolute atomic E-state index is 13.1. The summed E-state index contributed by atoms with van der Waals surface area (Å²) in [5, 5.41) is 5.58. The number of fused-ring (bicyclic) bond motifs is 1. The molecule has 8 nitrogen and oxygen atoms in total. The van der Waals surface area contributed by atoms with E-state index >= 15 is 0 Å². The van der Waals surface area contributed by atoms with Crippen LogP contribution in [0.2, 0.25) is 0 Å². The third kappa shape index (κ3) is 7.36. The number of hydrogen-bond acceptors (Lipinski definition) is 6. The summed E-state index contributed by atoms with van der Waals surface area (Å²) in [5.41, 5.74) is 2.16. The van der Waals surface area contributed by atoms with E-state index in [1.54, 1.807) is 18.2 Å². The van der Waals surface area contributed by atoms with Crippen LogP contribution in [0.15, 0.2) is 48.5 Å². The van der Waals surface area contributed by atoms with E-state index in [2.05, 4.69) is 10.6 Å². The van der Waals surface area contributed by atoms with Gasteiger partial charge in [0, 0.05) is 37.8 Å². The molecule has 210 valence electrons. The number of carbonyl (C=O) groups excluding carboxylic acids is 3. The molecule has 39 heavy (non-hydrogen) atoms. The van der Waals surface area contributed by atoms with Gasteiger partial charge in [-0.25, -0.2) is 0 Å². The molecule has 0 bridgehead atoms. The lowest BCUT2D eigenvalue weighted by Crippen LogP contribution is -2.56. The number of nitrogens with zero attached hydrogens (tertiary/aromatic N) is 2. The highest BCUT2D eigenvalue weighted by atomic mass is 19.4. The highest BCUT2D eigenvalue weighted by molar-refractivity contribution is 6.02. The largest absolute Gasteiger partial charge is 0.487 e. The summed E-state index contributed by atoms with van der Waals surface area (Å²) in [7, 11) is 0. The zero-order valence-electron chi connectivity index (χ0n) is 21.7. The van der Waals surface area contributed by atoms with Crippen LogP contribution in [-0.2, 0) is 22.7 Å². The van der Waals surface area contributed by atoms with E-state index in [4.69, 9.17) is 4.74 Å². The van der Waals surface area contributed by atoms with E-state index in [0.717, 1.165) is 5.56 Å². The number of halogens is 3. The number of alkyl halides is 3. The smallest absolute Gasteiger partial charge is 0.401 e. The van der Waals surface area contributed by atoms with Gasteiger partial charge in [-0.15, -0.1) is 0 Å². The molecule has 1 fully saturated rings. The molecule has 3 amide bonds. The Kier molecular flexibility index (Phi) is 9.24. The third-order valence-corrected chi connectivity index (χ3v) is 7.10. The lowest BCUT2D eigenvalue weighted by molar-refractivity contribution is -0.152. The first-order valence-corrected chi connectivity index (χ1v) is 13.1. The molecule has 3 unspecified atom stereocenters. The van der Waals surface area contributed by atoms with E-state index in [1.807, 2.05) is 37.3 Å². The van der Waals surface area contributed by atoms with Gasteiger partial charge in [0.05, 0.1) is 6.54 Å². The maximum Gasteiger partial charge on any atom is 0.401 e. The normalized spacial score (nSPS) is 20.4. The molecule has 1 saturated heterocycles. The number of amides is 3. The summed E-state index contributed by atoms with van der Waals surface area (Å²) >= 11 is 0. The summed E-state index contributed by atoms with van der Waals surface area (Å²) in [4.78, 5) is 39.1. The standard InChI is InChI=1S/C28H33F3N4O4/c1-2-6-24(26(37)33-18-36)35-15-20-13-21(9-10-22(20)27(35)38)39-25-16-34(17-28(29,30)31)12-11-23(25)32-14-19-7-4-3-5-8-19/h3-5,7-10,13,18,23-25,32H,2,6,11-12,14-17H2,1H3,(H,33,36,37). The molecule has 0 saturated carbocycles. The Morgan fingerprint density at radius 2 is 1.97 bits per heavy atom. The number of imide groups is 1. The number of hydrogen-bond donors (Lipinski definition) is 2. The molecule has 2 N–H and O–H groups in total. The van der Waals surface area contributed by atoms with Crippen LogP contribution in [0.4, 0.5) is 13.2 Å². The van der Waals surface area contributed by atoms with Crippen molar-refractivity contribution in [3.8, 4) is 5.75 Å². The van der Waals surface area contributed by atoms with Crippen LogP contribution < -0.4 is 15.4 Å². The first kappa shape index (κ1) is 28.6. The number of piperidine rings is 1.